The average Bonchev–Trinajstić information content (AvgIpc) is 3.06. The lowest BCUT2D eigenvalue weighted by molar-refractivity contribution is -0.172. The predicted octanol–water partition coefficient (Wildman–Crippen LogP) is 3.59. The van der Waals surface area contributed by atoms with Crippen LogP contribution in [0.2, 0.25) is 0 Å². The molecule has 0 unspecified atom stereocenters. The largest absolute Gasteiger partial charge is 0.344 e. The number of fused-ring (bicyclic) bond motifs is 3. The van der Waals surface area contributed by atoms with Gasteiger partial charge in [0, 0.05) is 11.8 Å². The van der Waals surface area contributed by atoms with Crippen LogP contribution in [0.5, 0.6) is 0 Å². The highest BCUT2D eigenvalue weighted by Gasteiger charge is 2.85. The zero-order valence-corrected chi connectivity index (χ0v) is 12.3. The van der Waals surface area contributed by atoms with Crippen molar-refractivity contribution in [3.05, 3.63) is 22.2 Å². The topological polar surface area (TPSA) is 18.5 Å². The Bertz CT molecular complexity index is 496. The van der Waals surface area contributed by atoms with Crippen molar-refractivity contribution in [1.29, 1.82) is 0 Å². The summed E-state index contributed by atoms with van der Waals surface area (Å²) in [4.78, 5) is -1.97. The van der Waals surface area contributed by atoms with Gasteiger partial charge in [-0.1, -0.05) is 35.4 Å². The van der Waals surface area contributed by atoms with Crippen molar-refractivity contribution in [3.63, 3.8) is 0 Å². The summed E-state index contributed by atoms with van der Waals surface area (Å²) in [5.74, 6) is -1.05. The molecule has 3 aliphatic carbocycles. The molecule has 4 aliphatic rings. The maximum Gasteiger partial charge on any atom is 0.218 e. The molecule has 0 aromatic rings. The Hall–Kier alpha value is 0.560. The van der Waals surface area contributed by atoms with Crippen molar-refractivity contribution in [1.82, 2.24) is 0 Å². The van der Waals surface area contributed by atoms with E-state index < -0.39 is 15.5 Å². The van der Waals surface area contributed by atoms with Crippen LogP contribution in [-0.2, 0) is 9.47 Å². The van der Waals surface area contributed by atoms with Crippen LogP contribution in [0.4, 0.5) is 0 Å². The lowest BCUT2D eigenvalue weighted by Gasteiger charge is -2.39. The lowest BCUT2D eigenvalue weighted by Crippen LogP contribution is -2.55. The zero-order chi connectivity index (χ0) is 12.8. The van der Waals surface area contributed by atoms with Gasteiger partial charge in [-0.25, -0.2) is 0 Å². The molecule has 6 heteroatoms. The van der Waals surface area contributed by atoms with Gasteiger partial charge in [0.15, 0.2) is 0 Å². The number of rotatable bonds is 0. The maximum atomic E-state index is 6.85. The van der Waals surface area contributed by atoms with E-state index in [1.807, 2.05) is 0 Å². The summed E-state index contributed by atoms with van der Waals surface area (Å²) in [6.45, 7) is 0.918. The molecule has 0 aromatic carbocycles. The Morgan fingerprint density at radius 2 is 1.67 bits per heavy atom. The molecule has 4 atom stereocenters. The van der Waals surface area contributed by atoms with Gasteiger partial charge >= 0.3 is 0 Å². The molecule has 0 amide bonds. The van der Waals surface area contributed by atoms with Crippen LogP contribution in [0.25, 0.3) is 0 Å². The minimum Gasteiger partial charge on any atom is -0.344 e. The van der Waals surface area contributed by atoms with Crippen molar-refractivity contribution >= 4 is 46.4 Å². The highest BCUT2D eigenvalue weighted by Crippen LogP contribution is 2.76. The molecule has 4 rings (SSSR count). The molecule has 0 radical (unpaired) electrons. The van der Waals surface area contributed by atoms with E-state index in [-0.39, 0.29) is 11.8 Å². The van der Waals surface area contributed by atoms with Crippen LogP contribution < -0.4 is 0 Å². The molecule has 18 heavy (non-hydrogen) atoms. The van der Waals surface area contributed by atoms with Gasteiger partial charge in [-0.2, -0.15) is 0 Å². The van der Waals surface area contributed by atoms with Crippen LogP contribution in [0, 0.1) is 11.8 Å². The monoisotopic (exact) mass is 326 g/mol. The van der Waals surface area contributed by atoms with Gasteiger partial charge in [-0.3, -0.25) is 0 Å². The summed E-state index contributed by atoms with van der Waals surface area (Å²) >= 11 is 26.4. The molecule has 1 heterocycles. The summed E-state index contributed by atoms with van der Waals surface area (Å²) in [7, 11) is 0. The second-order valence-electron chi connectivity index (χ2n) is 5.16. The Morgan fingerprint density at radius 3 is 2.33 bits per heavy atom. The third-order valence-corrected chi connectivity index (χ3v) is 7.29. The molecule has 2 fully saturated rings. The first-order valence-corrected chi connectivity index (χ1v) is 7.40. The maximum absolute atomic E-state index is 6.85. The fourth-order valence-corrected chi connectivity index (χ4v) is 6.06. The molecule has 1 saturated carbocycles. The van der Waals surface area contributed by atoms with Crippen molar-refractivity contribution < 1.29 is 9.47 Å². The van der Waals surface area contributed by atoms with Crippen molar-refractivity contribution in [3.8, 4) is 0 Å². The van der Waals surface area contributed by atoms with Crippen LogP contribution in [0.1, 0.15) is 6.42 Å². The minimum atomic E-state index is -1.13. The molecule has 2 nitrogen and oxygen atoms in total. The molecule has 1 saturated heterocycles. The second-order valence-corrected chi connectivity index (χ2v) is 7.11. The Kier molecular flexibility index (Phi) is 2.33. The van der Waals surface area contributed by atoms with Gasteiger partial charge in [0.2, 0.25) is 5.79 Å². The first-order valence-electron chi connectivity index (χ1n) is 5.89. The molecule has 1 aliphatic heterocycles. The van der Waals surface area contributed by atoms with Gasteiger partial charge < -0.3 is 9.47 Å². The van der Waals surface area contributed by atoms with E-state index in [1.165, 1.54) is 0 Å². The Labute approximate surface area is 125 Å². The SMILES string of the molecule is ClC1=C(Cl)[C@@]2(Cl)[C@H]3CC=C[C@@H]3[C@@]1(Cl)C21OCCO1. The van der Waals surface area contributed by atoms with Gasteiger partial charge in [-0.15, -0.1) is 23.2 Å². The van der Waals surface area contributed by atoms with E-state index in [9.17, 15) is 0 Å². The molecule has 2 bridgehead atoms. The standard InChI is InChI=1S/C12H10Cl4O2/c13-8-9(14)11(16)7-3-1-2-6(7)10(8,15)12(11)17-4-5-18-12/h1-2,6-7H,3-5H2/t6-,7-,10-,11-/m0/s1. The fraction of sp³-hybridized carbons (Fsp3) is 0.667. The van der Waals surface area contributed by atoms with E-state index >= 15 is 0 Å². The lowest BCUT2D eigenvalue weighted by atomic mass is 9.84. The summed E-state index contributed by atoms with van der Waals surface area (Å²) in [5.41, 5.74) is 0. The average molecular weight is 328 g/mol. The van der Waals surface area contributed by atoms with Crippen LogP contribution in [-0.4, -0.2) is 28.7 Å². The smallest absolute Gasteiger partial charge is 0.218 e. The summed E-state index contributed by atoms with van der Waals surface area (Å²) in [5, 5.41) is 0.753. The number of hydrogen-bond acceptors (Lipinski definition) is 2. The third-order valence-electron chi connectivity index (χ3n) is 4.62. The molecule has 0 N–H and O–H groups in total. The minimum absolute atomic E-state index is 0.00441. The van der Waals surface area contributed by atoms with Gasteiger partial charge in [0.05, 0.1) is 23.3 Å². The summed E-state index contributed by atoms with van der Waals surface area (Å²) < 4.78 is 11.7. The molecular weight excluding hydrogens is 318 g/mol. The van der Waals surface area contributed by atoms with Gasteiger partial charge in [-0.05, 0) is 6.42 Å². The van der Waals surface area contributed by atoms with Gasteiger partial charge in [0.25, 0.3) is 0 Å². The highest BCUT2D eigenvalue weighted by atomic mass is 35.5. The molecule has 98 valence electrons. The van der Waals surface area contributed by atoms with Crippen LogP contribution in [0.15, 0.2) is 22.2 Å². The van der Waals surface area contributed by atoms with E-state index in [4.69, 9.17) is 55.9 Å². The summed E-state index contributed by atoms with van der Waals surface area (Å²) in [6, 6.07) is 0. The number of alkyl halides is 2. The summed E-state index contributed by atoms with van der Waals surface area (Å²) in [6.07, 6.45) is 4.95. The van der Waals surface area contributed by atoms with E-state index in [0.717, 1.165) is 6.42 Å². The Balaban J connectivity index is 2.02. The van der Waals surface area contributed by atoms with Crippen LogP contribution >= 0.6 is 46.4 Å². The first kappa shape index (κ1) is 12.3. The number of allylic oxidation sites excluding steroid dienone is 2. The zero-order valence-electron chi connectivity index (χ0n) is 9.26. The second kappa shape index (κ2) is 3.41. The molecule has 1 spiro atoms. The predicted molar refractivity (Wildman–Crippen MR) is 71.3 cm³/mol. The van der Waals surface area contributed by atoms with Crippen LogP contribution in [0.3, 0.4) is 0 Å². The van der Waals surface area contributed by atoms with Crippen molar-refractivity contribution in [2.45, 2.75) is 22.0 Å². The third kappa shape index (κ3) is 0.933. The first-order chi connectivity index (χ1) is 8.50. The number of ether oxygens (including phenoxy) is 2. The van der Waals surface area contributed by atoms with Crippen molar-refractivity contribution in [2.24, 2.45) is 11.8 Å². The molecule has 0 aromatic heterocycles. The highest BCUT2D eigenvalue weighted by molar-refractivity contribution is 6.52. The number of hydrogen-bond donors (Lipinski definition) is 0. The van der Waals surface area contributed by atoms with Crippen molar-refractivity contribution in [2.75, 3.05) is 13.2 Å². The van der Waals surface area contributed by atoms with E-state index in [2.05, 4.69) is 12.2 Å². The Morgan fingerprint density at radius 1 is 1.06 bits per heavy atom. The van der Waals surface area contributed by atoms with Gasteiger partial charge in [0.1, 0.15) is 9.75 Å². The fourth-order valence-electron chi connectivity index (χ4n) is 3.95. The quantitative estimate of drug-likeness (QED) is 0.500. The van der Waals surface area contributed by atoms with E-state index in [1.54, 1.807) is 0 Å². The molecular formula is C12H10Cl4O2. The number of halogens is 4. The van der Waals surface area contributed by atoms with E-state index in [0.29, 0.717) is 23.3 Å². The normalized spacial score (nSPS) is 51.8.